The number of esters is 1. The second-order valence-electron chi connectivity index (χ2n) is 14.4. The number of fused-ring (bicyclic) bond motifs is 1. The first-order chi connectivity index (χ1) is 21.8. The van der Waals surface area contributed by atoms with E-state index in [2.05, 4.69) is 25.9 Å². The highest BCUT2D eigenvalue weighted by atomic mass is 32.2. The van der Waals surface area contributed by atoms with Crippen molar-refractivity contribution in [2.24, 2.45) is 29.6 Å². The number of carbonyl (C=O) groups excluding carboxylic acids is 3. The smallest absolute Gasteiger partial charge is 0.474 e. The zero-order valence-electron chi connectivity index (χ0n) is 30.4. The Bertz CT molecular complexity index is 1140. The van der Waals surface area contributed by atoms with Gasteiger partial charge in [-0.2, -0.15) is 0 Å². The Morgan fingerprint density at radius 1 is 1.02 bits per heavy atom. The number of ether oxygens (including phenoxy) is 7. The Labute approximate surface area is 290 Å². The van der Waals surface area contributed by atoms with Gasteiger partial charge in [-0.15, -0.1) is 0 Å². The van der Waals surface area contributed by atoms with Crippen molar-refractivity contribution in [3.63, 3.8) is 0 Å². The highest BCUT2D eigenvalue weighted by Crippen LogP contribution is 2.43. The number of carbonyl (C=O) groups is 3. The summed E-state index contributed by atoms with van der Waals surface area (Å²) < 4.78 is 43.8. The fourth-order valence-electron chi connectivity index (χ4n) is 7.89. The summed E-state index contributed by atoms with van der Waals surface area (Å²) in [7, 11) is 5.70. The molecule has 0 unspecified atom stereocenters. The first kappa shape index (κ1) is 39.9. The van der Waals surface area contributed by atoms with Crippen molar-refractivity contribution in [3.8, 4) is 0 Å². The molecule has 0 spiro atoms. The fourth-order valence-corrected chi connectivity index (χ4v) is 8.20. The monoisotopic (exact) mass is 703 g/mol. The second-order valence-corrected chi connectivity index (χ2v) is 15.8. The summed E-state index contributed by atoms with van der Waals surface area (Å²) in [4.78, 5) is 42.9. The maximum Gasteiger partial charge on any atom is 0.509 e. The molecule has 0 N–H and O–H groups in total. The minimum atomic E-state index is -1.39. The van der Waals surface area contributed by atoms with Crippen LogP contribution in [0.3, 0.4) is 0 Å². The minimum absolute atomic E-state index is 0.00393. The Morgan fingerprint density at radius 3 is 2.21 bits per heavy atom. The molecule has 3 fully saturated rings. The van der Waals surface area contributed by atoms with Gasteiger partial charge in [0.15, 0.2) is 18.0 Å². The zero-order chi connectivity index (χ0) is 35.6. The summed E-state index contributed by atoms with van der Waals surface area (Å²) in [6.07, 6.45) is -1.71. The third-order valence-corrected chi connectivity index (χ3v) is 11.7. The number of hydrogen-bond donors (Lipinski definition) is 0. The van der Waals surface area contributed by atoms with Gasteiger partial charge in [0.1, 0.15) is 18.0 Å². The number of ketones is 1. The van der Waals surface area contributed by atoms with E-state index in [1.165, 1.54) is 11.8 Å². The molecule has 0 bridgehead atoms. The van der Waals surface area contributed by atoms with Crippen molar-refractivity contribution >= 4 is 46.3 Å². The van der Waals surface area contributed by atoms with Crippen LogP contribution in [0.1, 0.15) is 81.6 Å². The van der Waals surface area contributed by atoms with E-state index >= 15 is 0 Å². The molecular formula is C34H57NO10S2. The molecule has 0 aromatic heterocycles. The number of cyclic esters (lactones) is 1. The van der Waals surface area contributed by atoms with Crippen molar-refractivity contribution in [1.82, 2.24) is 4.90 Å². The van der Waals surface area contributed by atoms with Gasteiger partial charge in [0.05, 0.1) is 29.6 Å². The number of thiocarbonyl (C=S) groups is 1. The largest absolute Gasteiger partial charge is 0.509 e. The predicted octanol–water partition coefficient (Wildman–Crippen LogP) is 5.64. The lowest BCUT2D eigenvalue weighted by Crippen LogP contribution is -2.59. The van der Waals surface area contributed by atoms with Crippen LogP contribution in [0.4, 0.5) is 4.79 Å². The van der Waals surface area contributed by atoms with Crippen LogP contribution in [0.2, 0.25) is 0 Å². The van der Waals surface area contributed by atoms with Gasteiger partial charge < -0.3 is 38.1 Å². The van der Waals surface area contributed by atoms with Crippen LogP contribution in [-0.2, 0) is 42.7 Å². The van der Waals surface area contributed by atoms with E-state index in [0.717, 1.165) is 6.42 Å². The van der Waals surface area contributed by atoms with E-state index in [1.54, 1.807) is 27.9 Å². The maximum absolute atomic E-state index is 14.1. The van der Waals surface area contributed by atoms with Gasteiger partial charge in [0, 0.05) is 30.9 Å². The predicted molar refractivity (Wildman–Crippen MR) is 183 cm³/mol. The van der Waals surface area contributed by atoms with E-state index in [9.17, 15) is 14.4 Å². The first-order valence-electron chi connectivity index (χ1n) is 16.8. The molecule has 0 aromatic carbocycles. The highest BCUT2D eigenvalue weighted by molar-refractivity contribution is 8.22. The van der Waals surface area contributed by atoms with Gasteiger partial charge in [-0.3, -0.25) is 9.59 Å². The molecule has 0 amide bonds. The van der Waals surface area contributed by atoms with Crippen LogP contribution >= 0.6 is 24.0 Å². The Morgan fingerprint density at radius 2 is 1.66 bits per heavy atom. The van der Waals surface area contributed by atoms with Gasteiger partial charge >= 0.3 is 12.1 Å². The van der Waals surface area contributed by atoms with Crippen LogP contribution in [0, 0.1) is 29.6 Å². The summed E-state index contributed by atoms with van der Waals surface area (Å²) in [6.45, 7) is 16.8. The Hall–Kier alpha value is -1.51. The lowest BCUT2D eigenvalue weighted by Gasteiger charge is -2.49. The highest BCUT2D eigenvalue weighted by Gasteiger charge is 2.59. The lowest BCUT2D eigenvalue weighted by molar-refractivity contribution is -0.287. The average Bonchev–Trinajstić information content (AvgIpc) is 3.34. The number of hydrogen-bond acceptors (Lipinski definition) is 13. The van der Waals surface area contributed by atoms with Gasteiger partial charge in [0.2, 0.25) is 4.38 Å². The molecule has 0 radical (unpaired) electrons. The molecule has 3 aliphatic rings. The van der Waals surface area contributed by atoms with E-state index in [1.807, 2.05) is 40.9 Å². The summed E-state index contributed by atoms with van der Waals surface area (Å²) in [5, 5.41) is 0. The quantitative estimate of drug-likeness (QED) is 0.251. The van der Waals surface area contributed by atoms with Gasteiger partial charge in [-0.25, -0.2) is 4.79 Å². The van der Waals surface area contributed by atoms with Crippen LogP contribution in [-0.4, -0.2) is 109 Å². The number of rotatable bonds is 6. The van der Waals surface area contributed by atoms with Crippen LogP contribution < -0.4 is 0 Å². The molecule has 3 saturated heterocycles. The van der Waals surface area contributed by atoms with Gasteiger partial charge in [-0.05, 0) is 79.5 Å². The van der Waals surface area contributed by atoms with E-state index in [4.69, 9.17) is 45.4 Å². The number of thioether (sulfide) groups is 1. The van der Waals surface area contributed by atoms with Gasteiger partial charge in [0.25, 0.3) is 0 Å². The molecule has 0 aromatic rings. The topological polar surface area (TPSA) is 119 Å². The molecule has 47 heavy (non-hydrogen) atoms. The molecule has 14 atom stereocenters. The molecule has 11 nitrogen and oxygen atoms in total. The average molecular weight is 704 g/mol. The van der Waals surface area contributed by atoms with E-state index in [0.29, 0.717) is 6.42 Å². The van der Waals surface area contributed by atoms with E-state index < -0.39 is 77.7 Å². The molecule has 270 valence electrons. The van der Waals surface area contributed by atoms with Gasteiger partial charge in [-0.1, -0.05) is 46.4 Å². The van der Waals surface area contributed by atoms with Crippen molar-refractivity contribution in [1.29, 1.82) is 0 Å². The molecule has 3 rings (SSSR count). The summed E-state index contributed by atoms with van der Waals surface area (Å²) in [6, 6.07) is 0.203. The van der Waals surface area contributed by atoms with Crippen molar-refractivity contribution < 1.29 is 47.5 Å². The number of Topliss-reactive ketones (excluding diaryl/α,β-unsaturated/α-hetero) is 1. The lowest BCUT2D eigenvalue weighted by atomic mass is 9.74. The van der Waals surface area contributed by atoms with Crippen LogP contribution in [0.5, 0.6) is 0 Å². The zero-order valence-corrected chi connectivity index (χ0v) is 32.0. The standard InChI is InChI=1S/C34H57NO10S2/c1-14-24-34(9)28(44-31(38)45-34)20(5)25(36)17(2)16-33(8,39-12)27(43-30-19(4)23(35(10)11)15-18(3)40-30)21(6)26(42-32(46)47-13)22(7)29(37)41-24/h17-24,26-28,30H,14-16H2,1-13H3/t17-,18-,19-,20+,21+,22-,23+,24-,26+,27-,28-,30+,33-,34-/m1/s1. The molecular weight excluding hydrogens is 647 g/mol. The molecule has 13 heteroatoms. The third-order valence-electron chi connectivity index (χ3n) is 10.7. The molecule has 3 heterocycles. The van der Waals surface area contributed by atoms with Crippen molar-refractivity contribution in [2.45, 2.75) is 136 Å². The maximum atomic E-state index is 14.1. The summed E-state index contributed by atoms with van der Waals surface area (Å²) in [5.41, 5.74) is -2.44. The Kier molecular flexibility index (Phi) is 13.6. The molecule has 0 saturated carbocycles. The third kappa shape index (κ3) is 8.45. The summed E-state index contributed by atoms with van der Waals surface area (Å²) in [5.74, 6) is -3.33. The normalized spacial score (nSPS) is 43.7. The SMILES string of the molecule is CC[C@H]1OC(=O)[C@H](C)[C@@H](OC(=S)SC)[C@H](C)[C@@H](O[C@@H]2O[C@H](C)C[C@H](N(C)C)[C@H]2C)[C@](C)(OC)C[C@@H](C)C(=O)[C@H](C)[C@H]2OC(=O)O[C@@]21C. The summed E-state index contributed by atoms with van der Waals surface area (Å²) >= 11 is 6.78. The van der Waals surface area contributed by atoms with E-state index in [-0.39, 0.29) is 34.7 Å². The fraction of sp³-hybridized carbons (Fsp3) is 0.882. The molecule has 0 aliphatic carbocycles. The first-order valence-corrected chi connectivity index (χ1v) is 18.4. The van der Waals surface area contributed by atoms with Crippen molar-refractivity contribution in [2.75, 3.05) is 27.5 Å². The minimum Gasteiger partial charge on any atom is -0.474 e. The van der Waals surface area contributed by atoms with Crippen molar-refractivity contribution in [3.05, 3.63) is 0 Å². The second kappa shape index (κ2) is 16.0. The number of methoxy groups -OCH3 is 1. The van der Waals surface area contributed by atoms with Crippen LogP contribution in [0.25, 0.3) is 0 Å². The molecule has 3 aliphatic heterocycles. The van der Waals surface area contributed by atoms with Crippen LogP contribution in [0.15, 0.2) is 0 Å². The Balaban J connectivity index is 2.19. The number of nitrogens with zero attached hydrogens (tertiary/aromatic N) is 1.